The minimum absolute atomic E-state index is 0.183. The standard InChI is InChI=1S/C19H17Cl2N3O3/c1-2-27-13-6-4-12(5-7-13)23-16(25)10-22-19(26)18-17(21)14-9-11(20)3-8-15(14)24-18/h3-9,24H,2,10H2,1H3,(H,22,26)(H,23,25). The lowest BCUT2D eigenvalue weighted by molar-refractivity contribution is -0.115. The smallest absolute Gasteiger partial charge is 0.269 e. The maximum absolute atomic E-state index is 12.3. The molecule has 6 nitrogen and oxygen atoms in total. The molecule has 0 bridgehead atoms. The van der Waals surface area contributed by atoms with Crippen molar-refractivity contribution in [1.29, 1.82) is 0 Å². The minimum atomic E-state index is -0.478. The number of rotatable bonds is 6. The van der Waals surface area contributed by atoms with Crippen LogP contribution in [0.1, 0.15) is 17.4 Å². The van der Waals surface area contributed by atoms with Crippen LogP contribution in [0.5, 0.6) is 5.75 Å². The largest absolute Gasteiger partial charge is 0.494 e. The van der Waals surface area contributed by atoms with E-state index in [2.05, 4.69) is 15.6 Å². The highest BCUT2D eigenvalue weighted by atomic mass is 35.5. The fraction of sp³-hybridized carbons (Fsp3) is 0.158. The van der Waals surface area contributed by atoms with Crippen molar-refractivity contribution >= 4 is 51.6 Å². The van der Waals surface area contributed by atoms with Gasteiger partial charge in [0.05, 0.1) is 18.2 Å². The Morgan fingerprint density at radius 3 is 2.56 bits per heavy atom. The molecular weight excluding hydrogens is 389 g/mol. The monoisotopic (exact) mass is 405 g/mol. The number of H-pyrrole nitrogens is 1. The lowest BCUT2D eigenvalue weighted by Gasteiger charge is -2.08. The van der Waals surface area contributed by atoms with Gasteiger partial charge in [-0.2, -0.15) is 0 Å². The van der Waals surface area contributed by atoms with Gasteiger partial charge in [-0.1, -0.05) is 23.2 Å². The van der Waals surface area contributed by atoms with Gasteiger partial charge in [0.2, 0.25) is 5.91 Å². The molecule has 0 atom stereocenters. The fourth-order valence-electron chi connectivity index (χ4n) is 2.54. The van der Waals surface area contributed by atoms with E-state index in [0.717, 1.165) is 5.75 Å². The highest BCUT2D eigenvalue weighted by Gasteiger charge is 2.17. The van der Waals surface area contributed by atoms with Gasteiger partial charge in [-0.3, -0.25) is 9.59 Å². The van der Waals surface area contributed by atoms with E-state index in [1.54, 1.807) is 42.5 Å². The minimum Gasteiger partial charge on any atom is -0.494 e. The second-order valence-electron chi connectivity index (χ2n) is 5.69. The van der Waals surface area contributed by atoms with Gasteiger partial charge in [0.1, 0.15) is 11.4 Å². The van der Waals surface area contributed by atoms with Gasteiger partial charge >= 0.3 is 0 Å². The van der Waals surface area contributed by atoms with E-state index >= 15 is 0 Å². The number of aromatic amines is 1. The molecule has 8 heteroatoms. The Hall–Kier alpha value is -2.70. The fourth-order valence-corrected chi connectivity index (χ4v) is 3.00. The molecule has 0 radical (unpaired) electrons. The van der Waals surface area contributed by atoms with Crippen molar-refractivity contribution in [1.82, 2.24) is 10.3 Å². The molecule has 2 amide bonds. The Morgan fingerprint density at radius 2 is 1.85 bits per heavy atom. The normalized spacial score (nSPS) is 10.6. The van der Waals surface area contributed by atoms with Crippen molar-refractivity contribution in [2.75, 3.05) is 18.5 Å². The van der Waals surface area contributed by atoms with Crippen molar-refractivity contribution in [2.45, 2.75) is 6.92 Å². The van der Waals surface area contributed by atoms with Crippen LogP contribution in [0.4, 0.5) is 5.69 Å². The molecule has 0 spiro atoms. The first-order valence-electron chi connectivity index (χ1n) is 8.25. The van der Waals surface area contributed by atoms with E-state index < -0.39 is 5.91 Å². The molecular formula is C19H17Cl2N3O3. The van der Waals surface area contributed by atoms with E-state index in [1.165, 1.54) is 0 Å². The molecule has 0 aliphatic rings. The van der Waals surface area contributed by atoms with E-state index in [4.69, 9.17) is 27.9 Å². The van der Waals surface area contributed by atoms with Crippen LogP contribution < -0.4 is 15.4 Å². The Balaban J connectivity index is 1.60. The number of fused-ring (bicyclic) bond motifs is 1. The Morgan fingerprint density at radius 1 is 1.11 bits per heavy atom. The highest BCUT2D eigenvalue weighted by molar-refractivity contribution is 6.39. The number of benzene rings is 2. The van der Waals surface area contributed by atoms with Gasteiger partial charge in [0.15, 0.2) is 0 Å². The zero-order valence-electron chi connectivity index (χ0n) is 14.4. The molecule has 0 saturated carbocycles. The zero-order valence-corrected chi connectivity index (χ0v) is 15.9. The molecule has 3 N–H and O–H groups in total. The number of hydrogen-bond acceptors (Lipinski definition) is 3. The molecule has 2 aromatic carbocycles. The van der Waals surface area contributed by atoms with Crippen molar-refractivity contribution in [3.05, 3.63) is 58.2 Å². The number of carbonyl (C=O) groups is 2. The van der Waals surface area contributed by atoms with Gasteiger partial charge in [-0.05, 0) is 49.4 Å². The molecule has 0 unspecified atom stereocenters. The van der Waals surface area contributed by atoms with Gasteiger partial charge in [0, 0.05) is 21.6 Å². The molecule has 1 aromatic heterocycles. The number of amides is 2. The van der Waals surface area contributed by atoms with Crippen LogP contribution in [0.25, 0.3) is 10.9 Å². The number of carbonyl (C=O) groups excluding carboxylic acids is 2. The summed E-state index contributed by atoms with van der Waals surface area (Å²) in [6.45, 7) is 2.27. The van der Waals surface area contributed by atoms with Crippen molar-refractivity contribution in [2.24, 2.45) is 0 Å². The number of hydrogen-bond donors (Lipinski definition) is 3. The number of anilines is 1. The quantitative estimate of drug-likeness (QED) is 0.573. The second-order valence-corrected chi connectivity index (χ2v) is 6.51. The number of halogens is 2. The van der Waals surface area contributed by atoms with Crippen LogP contribution in [0.15, 0.2) is 42.5 Å². The average molecular weight is 406 g/mol. The van der Waals surface area contributed by atoms with Gasteiger partial charge in [0.25, 0.3) is 5.91 Å². The number of aromatic nitrogens is 1. The first-order chi connectivity index (χ1) is 13.0. The van der Waals surface area contributed by atoms with Gasteiger partial charge in [-0.15, -0.1) is 0 Å². The van der Waals surface area contributed by atoms with Crippen molar-refractivity contribution < 1.29 is 14.3 Å². The van der Waals surface area contributed by atoms with Gasteiger partial charge in [-0.25, -0.2) is 0 Å². The summed E-state index contributed by atoms with van der Waals surface area (Å²) in [6.07, 6.45) is 0. The molecule has 3 rings (SSSR count). The lowest BCUT2D eigenvalue weighted by atomic mass is 10.2. The molecule has 0 aliphatic heterocycles. The number of nitrogens with one attached hydrogen (secondary N) is 3. The Kier molecular flexibility index (Phi) is 5.88. The summed E-state index contributed by atoms with van der Waals surface area (Å²) in [5.74, 6) is -0.116. The maximum atomic E-state index is 12.3. The van der Waals surface area contributed by atoms with Gasteiger partial charge < -0.3 is 20.4 Å². The molecule has 1 heterocycles. The van der Waals surface area contributed by atoms with E-state index in [0.29, 0.717) is 28.2 Å². The topological polar surface area (TPSA) is 83.2 Å². The third-order valence-corrected chi connectivity index (χ3v) is 4.41. The Bertz CT molecular complexity index is 984. The summed E-state index contributed by atoms with van der Waals surface area (Å²) in [5.41, 5.74) is 1.48. The van der Waals surface area contributed by atoms with Crippen LogP contribution in [0.3, 0.4) is 0 Å². The second kappa shape index (κ2) is 8.33. The highest BCUT2D eigenvalue weighted by Crippen LogP contribution is 2.29. The van der Waals surface area contributed by atoms with Crippen LogP contribution in [0.2, 0.25) is 10.0 Å². The van der Waals surface area contributed by atoms with E-state index in [-0.39, 0.29) is 23.2 Å². The lowest BCUT2D eigenvalue weighted by Crippen LogP contribution is -2.33. The van der Waals surface area contributed by atoms with Crippen LogP contribution in [-0.2, 0) is 4.79 Å². The zero-order chi connectivity index (χ0) is 19.4. The summed E-state index contributed by atoms with van der Waals surface area (Å²) < 4.78 is 5.34. The SMILES string of the molecule is CCOc1ccc(NC(=O)CNC(=O)c2[nH]c3ccc(Cl)cc3c2Cl)cc1. The van der Waals surface area contributed by atoms with Crippen LogP contribution in [-0.4, -0.2) is 29.9 Å². The van der Waals surface area contributed by atoms with Crippen molar-refractivity contribution in [3.8, 4) is 5.75 Å². The van der Waals surface area contributed by atoms with E-state index in [1.807, 2.05) is 6.92 Å². The van der Waals surface area contributed by atoms with Crippen LogP contribution >= 0.6 is 23.2 Å². The molecule has 140 valence electrons. The number of ether oxygens (including phenoxy) is 1. The molecule has 0 saturated heterocycles. The molecule has 3 aromatic rings. The molecule has 0 fully saturated rings. The average Bonchev–Trinajstić information content (AvgIpc) is 2.98. The maximum Gasteiger partial charge on any atom is 0.269 e. The third kappa shape index (κ3) is 4.53. The van der Waals surface area contributed by atoms with Crippen LogP contribution in [0, 0.1) is 0 Å². The molecule has 0 aliphatic carbocycles. The predicted octanol–water partition coefficient (Wildman–Crippen LogP) is 4.24. The Labute approximate surface area is 165 Å². The summed E-state index contributed by atoms with van der Waals surface area (Å²) in [5, 5.41) is 6.67. The van der Waals surface area contributed by atoms with E-state index in [9.17, 15) is 9.59 Å². The first kappa shape index (κ1) is 19.1. The molecule has 27 heavy (non-hydrogen) atoms. The van der Waals surface area contributed by atoms with Crippen molar-refractivity contribution in [3.63, 3.8) is 0 Å². The summed E-state index contributed by atoms with van der Waals surface area (Å²) in [6, 6.07) is 12.1. The summed E-state index contributed by atoms with van der Waals surface area (Å²) in [7, 11) is 0. The third-order valence-electron chi connectivity index (χ3n) is 3.78. The summed E-state index contributed by atoms with van der Waals surface area (Å²) >= 11 is 12.2. The predicted molar refractivity (Wildman–Crippen MR) is 107 cm³/mol. The summed E-state index contributed by atoms with van der Waals surface area (Å²) in [4.78, 5) is 27.3. The first-order valence-corrected chi connectivity index (χ1v) is 9.01.